The van der Waals surface area contributed by atoms with E-state index in [1.54, 1.807) is 12.1 Å². The van der Waals surface area contributed by atoms with Crippen LogP contribution in [0, 0.1) is 0 Å². The molecule has 1 atom stereocenters. The van der Waals surface area contributed by atoms with E-state index in [0.717, 1.165) is 4.90 Å². The van der Waals surface area contributed by atoms with Gasteiger partial charge in [0.2, 0.25) is 0 Å². The predicted octanol–water partition coefficient (Wildman–Crippen LogP) is 1.88. The SMILES string of the molecule is Cl.O=C(N1CCNCC1c1cccnc1)C(F)(F)C(F)F. The van der Waals surface area contributed by atoms with Crippen molar-refractivity contribution in [1.82, 2.24) is 15.2 Å². The number of rotatable bonds is 3. The van der Waals surface area contributed by atoms with E-state index in [1.165, 1.54) is 12.4 Å². The van der Waals surface area contributed by atoms with E-state index in [1.807, 2.05) is 0 Å². The molecule has 2 heterocycles. The molecule has 9 heteroatoms. The van der Waals surface area contributed by atoms with Crippen molar-refractivity contribution in [3.05, 3.63) is 30.1 Å². The third kappa shape index (κ3) is 3.62. The molecule has 1 amide bonds. The quantitative estimate of drug-likeness (QED) is 0.862. The molecule has 21 heavy (non-hydrogen) atoms. The molecule has 0 bridgehead atoms. The van der Waals surface area contributed by atoms with Gasteiger partial charge in [-0.15, -0.1) is 12.4 Å². The molecule has 0 radical (unpaired) electrons. The summed E-state index contributed by atoms with van der Waals surface area (Å²) in [5.74, 6) is -6.51. The summed E-state index contributed by atoms with van der Waals surface area (Å²) in [6, 6.07) is 2.48. The van der Waals surface area contributed by atoms with E-state index in [9.17, 15) is 22.4 Å². The van der Waals surface area contributed by atoms with Crippen molar-refractivity contribution in [1.29, 1.82) is 0 Å². The summed E-state index contributed by atoms with van der Waals surface area (Å²) in [4.78, 5) is 16.3. The van der Waals surface area contributed by atoms with Crippen LogP contribution in [-0.4, -0.2) is 47.8 Å². The molecular formula is C12H14ClF4N3O. The fourth-order valence-corrected chi connectivity index (χ4v) is 2.10. The standard InChI is InChI=1S/C12H13F4N3O.ClH/c13-10(14)12(15,16)11(20)19-5-4-18-7-9(19)8-2-1-3-17-6-8;/h1-3,6,9-10,18H,4-5,7H2;1H. The fraction of sp³-hybridized carbons (Fsp3) is 0.500. The molecule has 1 saturated heterocycles. The molecule has 1 aliphatic heterocycles. The normalized spacial score (nSPS) is 19.3. The second-order valence-corrected chi connectivity index (χ2v) is 4.43. The van der Waals surface area contributed by atoms with Crippen molar-refractivity contribution in [2.24, 2.45) is 0 Å². The number of piperazine rings is 1. The summed E-state index contributed by atoms with van der Waals surface area (Å²) < 4.78 is 51.1. The van der Waals surface area contributed by atoms with Crippen LogP contribution in [0.4, 0.5) is 17.6 Å². The topological polar surface area (TPSA) is 45.2 Å². The summed E-state index contributed by atoms with van der Waals surface area (Å²) >= 11 is 0. The summed E-state index contributed by atoms with van der Waals surface area (Å²) in [5.41, 5.74) is 0.526. The average molecular weight is 328 g/mol. The first-order valence-electron chi connectivity index (χ1n) is 6.02. The van der Waals surface area contributed by atoms with E-state index < -0.39 is 24.3 Å². The van der Waals surface area contributed by atoms with Gasteiger partial charge >= 0.3 is 12.3 Å². The minimum absolute atomic E-state index is 0. The summed E-state index contributed by atoms with van der Waals surface area (Å²) in [6.07, 6.45) is -1.09. The first-order chi connectivity index (χ1) is 9.44. The predicted molar refractivity (Wildman–Crippen MR) is 69.8 cm³/mol. The zero-order valence-electron chi connectivity index (χ0n) is 10.8. The Hall–Kier alpha value is -1.41. The second-order valence-electron chi connectivity index (χ2n) is 4.43. The van der Waals surface area contributed by atoms with E-state index in [-0.39, 0.29) is 32.0 Å². The van der Waals surface area contributed by atoms with Crippen LogP contribution < -0.4 is 5.32 Å². The molecule has 0 spiro atoms. The van der Waals surface area contributed by atoms with Gasteiger partial charge in [0.05, 0.1) is 6.04 Å². The molecule has 1 unspecified atom stereocenters. The number of nitrogens with one attached hydrogen (secondary N) is 1. The van der Waals surface area contributed by atoms with E-state index in [0.29, 0.717) is 5.56 Å². The number of amides is 1. The van der Waals surface area contributed by atoms with E-state index >= 15 is 0 Å². The lowest BCUT2D eigenvalue weighted by Crippen LogP contribution is -2.55. The van der Waals surface area contributed by atoms with Gasteiger partial charge in [-0.05, 0) is 11.6 Å². The Balaban J connectivity index is 0.00000220. The lowest BCUT2D eigenvalue weighted by Gasteiger charge is -2.37. The Kier molecular flexibility index (Phi) is 5.91. The maximum Gasteiger partial charge on any atom is 0.383 e. The third-order valence-corrected chi connectivity index (χ3v) is 3.13. The average Bonchev–Trinajstić information content (AvgIpc) is 2.47. The molecule has 1 aromatic heterocycles. The van der Waals surface area contributed by atoms with Crippen LogP contribution in [0.1, 0.15) is 11.6 Å². The van der Waals surface area contributed by atoms with Crippen molar-refractivity contribution in [2.75, 3.05) is 19.6 Å². The van der Waals surface area contributed by atoms with Crippen LogP contribution in [0.25, 0.3) is 0 Å². The Morgan fingerprint density at radius 3 is 2.76 bits per heavy atom. The molecule has 0 saturated carbocycles. The van der Waals surface area contributed by atoms with Crippen molar-refractivity contribution in [2.45, 2.75) is 18.4 Å². The number of hydrogen-bond donors (Lipinski definition) is 1. The number of pyridine rings is 1. The van der Waals surface area contributed by atoms with Gasteiger partial charge in [0.25, 0.3) is 5.91 Å². The minimum atomic E-state index is -4.67. The van der Waals surface area contributed by atoms with Gasteiger partial charge in [0, 0.05) is 32.0 Å². The van der Waals surface area contributed by atoms with Gasteiger partial charge in [0.15, 0.2) is 0 Å². The molecule has 0 aromatic carbocycles. The number of nitrogens with zero attached hydrogens (tertiary/aromatic N) is 2. The van der Waals surface area contributed by atoms with Crippen molar-refractivity contribution < 1.29 is 22.4 Å². The lowest BCUT2D eigenvalue weighted by molar-refractivity contribution is -0.183. The molecule has 118 valence electrons. The largest absolute Gasteiger partial charge is 0.383 e. The molecule has 1 fully saturated rings. The fourth-order valence-electron chi connectivity index (χ4n) is 2.10. The van der Waals surface area contributed by atoms with Gasteiger partial charge in [-0.2, -0.15) is 8.78 Å². The molecule has 4 nitrogen and oxygen atoms in total. The Labute approximate surface area is 124 Å². The van der Waals surface area contributed by atoms with Crippen LogP contribution in [0.15, 0.2) is 24.5 Å². The van der Waals surface area contributed by atoms with Gasteiger partial charge in [-0.1, -0.05) is 6.07 Å². The number of hydrogen-bond acceptors (Lipinski definition) is 3. The van der Waals surface area contributed by atoms with Crippen molar-refractivity contribution in [3.8, 4) is 0 Å². The van der Waals surface area contributed by atoms with Crippen molar-refractivity contribution >= 4 is 18.3 Å². The highest BCUT2D eigenvalue weighted by Gasteiger charge is 2.52. The summed E-state index contributed by atoms with van der Waals surface area (Å²) in [7, 11) is 0. The van der Waals surface area contributed by atoms with Gasteiger partial charge < -0.3 is 10.2 Å². The van der Waals surface area contributed by atoms with Crippen LogP contribution in [0.5, 0.6) is 0 Å². The molecule has 1 aliphatic rings. The molecule has 1 aromatic rings. The number of halogens is 5. The van der Waals surface area contributed by atoms with Crippen LogP contribution >= 0.6 is 12.4 Å². The third-order valence-electron chi connectivity index (χ3n) is 3.13. The van der Waals surface area contributed by atoms with E-state index in [4.69, 9.17) is 0 Å². The zero-order valence-corrected chi connectivity index (χ0v) is 11.6. The number of aromatic nitrogens is 1. The highest BCUT2D eigenvalue weighted by atomic mass is 35.5. The Morgan fingerprint density at radius 1 is 1.48 bits per heavy atom. The number of alkyl halides is 4. The Bertz CT molecular complexity index is 475. The molecule has 0 aliphatic carbocycles. The zero-order chi connectivity index (χ0) is 14.8. The van der Waals surface area contributed by atoms with Gasteiger partial charge in [-0.25, -0.2) is 8.78 Å². The van der Waals surface area contributed by atoms with Crippen LogP contribution in [0.2, 0.25) is 0 Å². The maximum atomic E-state index is 13.2. The first kappa shape index (κ1) is 17.6. The maximum absolute atomic E-state index is 13.2. The molecule has 2 rings (SSSR count). The highest BCUT2D eigenvalue weighted by Crippen LogP contribution is 2.30. The van der Waals surface area contributed by atoms with Gasteiger partial charge in [-0.3, -0.25) is 9.78 Å². The monoisotopic (exact) mass is 327 g/mol. The number of carbonyl (C=O) groups is 1. The van der Waals surface area contributed by atoms with Gasteiger partial charge in [0.1, 0.15) is 0 Å². The molecular weight excluding hydrogens is 314 g/mol. The summed E-state index contributed by atoms with van der Waals surface area (Å²) in [5, 5.41) is 2.94. The van der Waals surface area contributed by atoms with Crippen LogP contribution in [-0.2, 0) is 4.79 Å². The molecule has 1 N–H and O–H groups in total. The second kappa shape index (κ2) is 7.04. The van der Waals surface area contributed by atoms with E-state index in [2.05, 4.69) is 10.3 Å². The minimum Gasteiger partial charge on any atom is -0.328 e. The lowest BCUT2D eigenvalue weighted by atomic mass is 10.0. The van der Waals surface area contributed by atoms with Crippen LogP contribution in [0.3, 0.4) is 0 Å². The number of carbonyl (C=O) groups excluding carboxylic acids is 1. The van der Waals surface area contributed by atoms with Crippen molar-refractivity contribution in [3.63, 3.8) is 0 Å². The highest BCUT2D eigenvalue weighted by molar-refractivity contribution is 5.85. The first-order valence-corrected chi connectivity index (χ1v) is 6.02. The summed E-state index contributed by atoms with van der Waals surface area (Å²) in [6.45, 7) is 0.444. The smallest absolute Gasteiger partial charge is 0.328 e. The Morgan fingerprint density at radius 2 is 2.19 bits per heavy atom.